The van der Waals surface area contributed by atoms with Gasteiger partial charge in [0.05, 0.1) is 5.69 Å². The molecular formula is C13H17N3O3. The van der Waals surface area contributed by atoms with Crippen LogP contribution < -0.4 is 21.1 Å². The molecule has 1 aromatic carbocycles. The van der Waals surface area contributed by atoms with Crippen LogP contribution in [0.2, 0.25) is 0 Å². The van der Waals surface area contributed by atoms with E-state index in [0.717, 1.165) is 0 Å². The van der Waals surface area contributed by atoms with E-state index in [1.165, 1.54) is 0 Å². The van der Waals surface area contributed by atoms with Crippen molar-refractivity contribution in [2.75, 3.05) is 17.2 Å². The number of benzene rings is 1. The maximum Gasteiger partial charge on any atom is 0.262 e. The molecule has 1 aromatic rings. The molecule has 1 heterocycles. The fourth-order valence-electron chi connectivity index (χ4n) is 1.78. The summed E-state index contributed by atoms with van der Waals surface area (Å²) >= 11 is 0. The number of ether oxygens (including phenoxy) is 1. The van der Waals surface area contributed by atoms with Crippen molar-refractivity contribution in [3.8, 4) is 5.75 Å². The summed E-state index contributed by atoms with van der Waals surface area (Å²) in [6.07, 6.45) is 0.215. The quantitative estimate of drug-likeness (QED) is 0.760. The standard InChI is InChI=1S/C13H17N3O3/c1-13(2,14)6-11(17)15-8-3-4-10-9(5-8)16-12(18)7-19-10/h3-5H,6-7,14H2,1-2H3,(H,15,17)(H,16,18). The van der Waals surface area contributed by atoms with E-state index in [0.29, 0.717) is 17.1 Å². The van der Waals surface area contributed by atoms with Gasteiger partial charge in [-0.1, -0.05) is 0 Å². The lowest BCUT2D eigenvalue weighted by molar-refractivity contribution is -0.118. The first-order valence-electron chi connectivity index (χ1n) is 5.99. The lowest BCUT2D eigenvalue weighted by Gasteiger charge is -2.20. The van der Waals surface area contributed by atoms with E-state index < -0.39 is 5.54 Å². The highest BCUT2D eigenvalue weighted by Gasteiger charge is 2.18. The number of anilines is 2. The van der Waals surface area contributed by atoms with Crippen LogP contribution in [0, 0.1) is 0 Å². The highest BCUT2D eigenvalue weighted by molar-refractivity contribution is 5.97. The Bertz CT molecular complexity index is 520. The third kappa shape index (κ3) is 3.69. The van der Waals surface area contributed by atoms with E-state index in [-0.39, 0.29) is 24.8 Å². The first-order chi connectivity index (χ1) is 8.83. The molecule has 1 aliphatic rings. The van der Waals surface area contributed by atoms with Crippen LogP contribution in [-0.4, -0.2) is 24.0 Å². The van der Waals surface area contributed by atoms with Crippen molar-refractivity contribution in [2.24, 2.45) is 5.73 Å². The second-order valence-corrected chi connectivity index (χ2v) is 5.26. The Labute approximate surface area is 111 Å². The minimum absolute atomic E-state index is 0.0140. The number of hydrogen-bond donors (Lipinski definition) is 3. The molecule has 2 amide bonds. The molecule has 1 aliphatic heterocycles. The highest BCUT2D eigenvalue weighted by atomic mass is 16.5. The largest absolute Gasteiger partial charge is 0.482 e. The van der Waals surface area contributed by atoms with E-state index in [4.69, 9.17) is 10.5 Å². The second-order valence-electron chi connectivity index (χ2n) is 5.26. The van der Waals surface area contributed by atoms with Crippen molar-refractivity contribution in [3.63, 3.8) is 0 Å². The van der Waals surface area contributed by atoms with E-state index in [1.54, 1.807) is 32.0 Å². The van der Waals surface area contributed by atoms with E-state index in [2.05, 4.69) is 10.6 Å². The van der Waals surface area contributed by atoms with Crippen LogP contribution in [0.4, 0.5) is 11.4 Å². The average molecular weight is 263 g/mol. The van der Waals surface area contributed by atoms with Crippen LogP contribution in [-0.2, 0) is 9.59 Å². The molecule has 6 nitrogen and oxygen atoms in total. The SMILES string of the molecule is CC(C)(N)CC(=O)Nc1ccc2c(c1)NC(=O)CO2. The molecule has 0 bridgehead atoms. The van der Waals surface area contributed by atoms with Gasteiger partial charge in [0.1, 0.15) is 5.75 Å². The first-order valence-corrected chi connectivity index (χ1v) is 5.99. The Hall–Kier alpha value is -2.08. The average Bonchev–Trinajstić information content (AvgIpc) is 2.25. The van der Waals surface area contributed by atoms with E-state index in [9.17, 15) is 9.59 Å². The van der Waals surface area contributed by atoms with Gasteiger partial charge in [0.2, 0.25) is 5.91 Å². The molecule has 0 unspecified atom stereocenters. The maximum atomic E-state index is 11.8. The Morgan fingerprint density at radius 1 is 1.53 bits per heavy atom. The number of rotatable bonds is 3. The summed E-state index contributed by atoms with van der Waals surface area (Å²) in [7, 11) is 0. The minimum atomic E-state index is -0.560. The number of carbonyl (C=O) groups is 2. The van der Waals surface area contributed by atoms with Crippen molar-refractivity contribution in [1.82, 2.24) is 0 Å². The zero-order valence-corrected chi connectivity index (χ0v) is 10.9. The Kier molecular flexibility index (Phi) is 3.44. The van der Waals surface area contributed by atoms with Gasteiger partial charge in [-0.15, -0.1) is 0 Å². The van der Waals surface area contributed by atoms with Crippen molar-refractivity contribution < 1.29 is 14.3 Å². The van der Waals surface area contributed by atoms with Crippen LogP contribution in [0.3, 0.4) is 0 Å². The predicted molar refractivity (Wildman–Crippen MR) is 72.1 cm³/mol. The molecule has 2 rings (SSSR count). The van der Waals surface area contributed by atoms with Crippen molar-refractivity contribution in [1.29, 1.82) is 0 Å². The second kappa shape index (κ2) is 4.89. The molecule has 0 saturated carbocycles. The monoisotopic (exact) mass is 263 g/mol. The number of hydrogen-bond acceptors (Lipinski definition) is 4. The molecule has 0 spiro atoms. The van der Waals surface area contributed by atoms with Gasteiger partial charge in [-0.05, 0) is 32.0 Å². The van der Waals surface area contributed by atoms with Gasteiger partial charge in [0.25, 0.3) is 5.91 Å². The van der Waals surface area contributed by atoms with Crippen LogP contribution in [0.5, 0.6) is 5.75 Å². The summed E-state index contributed by atoms with van der Waals surface area (Å²) in [6.45, 7) is 3.58. The number of carbonyl (C=O) groups excluding carboxylic acids is 2. The van der Waals surface area contributed by atoms with Gasteiger partial charge in [-0.25, -0.2) is 0 Å². The van der Waals surface area contributed by atoms with Crippen LogP contribution in [0.25, 0.3) is 0 Å². The maximum absolute atomic E-state index is 11.8. The fraction of sp³-hybridized carbons (Fsp3) is 0.385. The fourth-order valence-corrected chi connectivity index (χ4v) is 1.78. The predicted octanol–water partition coefficient (Wildman–Crippen LogP) is 1.08. The summed E-state index contributed by atoms with van der Waals surface area (Å²) < 4.78 is 5.23. The van der Waals surface area contributed by atoms with Crippen molar-refractivity contribution >= 4 is 23.2 Å². The molecule has 4 N–H and O–H groups in total. The first kappa shape index (κ1) is 13.4. The Morgan fingerprint density at radius 3 is 2.95 bits per heavy atom. The van der Waals surface area contributed by atoms with Crippen LogP contribution >= 0.6 is 0 Å². The highest BCUT2D eigenvalue weighted by Crippen LogP contribution is 2.30. The normalized spacial score (nSPS) is 14.2. The molecule has 0 saturated heterocycles. The molecular weight excluding hydrogens is 246 g/mol. The van der Waals surface area contributed by atoms with Gasteiger partial charge in [-0.2, -0.15) is 0 Å². The number of nitrogens with two attached hydrogens (primary N) is 1. The number of amides is 2. The summed E-state index contributed by atoms with van der Waals surface area (Å²) in [4.78, 5) is 23.0. The smallest absolute Gasteiger partial charge is 0.262 e. The van der Waals surface area contributed by atoms with E-state index in [1.807, 2.05) is 0 Å². The van der Waals surface area contributed by atoms with Crippen LogP contribution in [0.15, 0.2) is 18.2 Å². The zero-order chi connectivity index (χ0) is 14.0. The lowest BCUT2D eigenvalue weighted by Crippen LogP contribution is -2.36. The Balaban J connectivity index is 2.08. The number of nitrogens with one attached hydrogen (secondary N) is 2. The molecule has 0 aromatic heterocycles. The molecule has 0 aliphatic carbocycles. The van der Waals surface area contributed by atoms with Gasteiger partial charge in [0.15, 0.2) is 6.61 Å². The van der Waals surface area contributed by atoms with Gasteiger partial charge in [-0.3, -0.25) is 9.59 Å². The van der Waals surface area contributed by atoms with Gasteiger partial charge < -0.3 is 21.1 Å². The molecule has 6 heteroatoms. The van der Waals surface area contributed by atoms with Gasteiger partial charge in [0, 0.05) is 17.6 Å². The summed E-state index contributed by atoms with van der Waals surface area (Å²) in [6, 6.07) is 5.09. The summed E-state index contributed by atoms with van der Waals surface area (Å²) in [5, 5.41) is 5.42. The summed E-state index contributed by atoms with van der Waals surface area (Å²) in [5.74, 6) is 0.214. The number of fused-ring (bicyclic) bond motifs is 1. The molecule has 0 radical (unpaired) electrons. The van der Waals surface area contributed by atoms with Crippen LogP contribution in [0.1, 0.15) is 20.3 Å². The topological polar surface area (TPSA) is 93.5 Å². The van der Waals surface area contributed by atoms with Gasteiger partial charge >= 0.3 is 0 Å². The zero-order valence-electron chi connectivity index (χ0n) is 10.9. The summed E-state index contributed by atoms with van der Waals surface area (Å²) in [5.41, 5.74) is 6.37. The molecule has 0 atom stereocenters. The molecule has 102 valence electrons. The third-order valence-corrected chi connectivity index (χ3v) is 2.51. The lowest BCUT2D eigenvalue weighted by atomic mass is 10.0. The van der Waals surface area contributed by atoms with E-state index >= 15 is 0 Å². The third-order valence-electron chi connectivity index (χ3n) is 2.51. The molecule has 19 heavy (non-hydrogen) atoms. The Morgan fingerprint density at radius 2 is 2.26 bits per heavy atom. The minimum Gasteiger partial charge on any atom is -0.482 e. The van der Waals surface area contributed by atoms with Crippen molar-refractivity contribution in [2.45, 2.75) is 25.8 Å². The van der Waals surface area contributed by atoms with Crippen molar-refractivity contribution in [3.05, 3.63) is 18.2 Å². The molecule has 0 fully saturated rings.